The summed E-state index contributed by atoms with van der Waals surface area (Å²) in [5.41, 5.74) is 5.02. The van der Waals surface area contributed by atoms with Gasteiger partial charge in [0.05, 0.1) is 31.4 Å². The van der Waals surface area contributed by atoms with Gasteiger partial charge in [-0.1, -0.05) is 121 Å². The number of nitrogens with one attached hydrogen (secondary N) is 1. The van der Waals surface area contributed by atoms with Crippen molar-refractivity contribution in [2.24, 2.45) is 5.92 Å². The Kier molecular flexibility index (Phi) is 29.4. The summed E-state index contributed by atoms with van der Waals surface area (Å²) in [6.07, 6.45) is 14.7. The fraction of sp³-hybridized carbons (Fsp3) is 0.435. The number of carbonyl (C=O) groups is 2. The number of allylic oxidation sites excluding steroid dienone is 8. The van der Waals surface area contributed by atoms with Gasteiger partial charge >= 0.3 is 6.09 Å². The molecule has 55 heavy (non-hydrogen) atoms. The maximum Gasteiger partial charge on any atom is 0.416 e. The molecule has 1 heterocycles. The monoisotopic (exact) mass is 822 g/mol. The molecular weight excluding hydrogens is 759 g/mol. The average Bonchev–Trinajstić information content (AvgIpc) is 3.55. The molecule has 3 rings (SSSR count). The highest BCUT2D eigenvalue weighted by Crippen LogP contribution is 2.24. The number of halogens is 2. The maximum atomic E-state index is 13.1. The third-order valence-corrected chi connectivity index (χ3v) is 7.83. The first-order chi connectivity index (χ1) is 26.5. The van der Waals surface area contributed by atoms with Crippen molar-refractivity contribution in [3.8, 4) is 11.8 Å². The standard InChI is InChI=1S/C22H25FN2O4.C21H30O.C2H6.CH3Br/c1-15-14-25(22(28)29-15)21(27)17(13-24-19-5-3-2-4-6-19)9-12-20(26)16-7-10-18(23)11-8-16;1-6-8-9-10-13-20(4)14-11-17-22-18-21(5)16-15-19(3)12-7-2;2*1-2/h2-8,10-11,15,17,20,24,26H,9,12-14H2,1H3;6,8,12,15-16,18H,4,7,11,13-14,17H2,1-3,5H3;1-2H3;1H3/b;8-6-,16-15-,19-12-,21-18+;;. The van der Waals surface area contributed by atoms with Crippen molar-refractivity contribution < 1.29 is 28.6 Å². The molecule has 1 saturated heterocycles. The van der Waals surface area contributed by atoms with Crippen molar-refractivity contribution in [1.29, 1.82) is 0 Å². The van der Waals surface area contributed by atoms with Crippen molar-refractivity contribution in [3.63, 3.8) is 0 Å². The first-order valence-electron chi connectivity index (χ1n) is 19.1. The number of aliphatic hydroxyl groups is 1. The lowest BCUT2D eigenvalue weighted by atomic mass is 9.96. The third kappa shape index (κ3) is 23.2. The SMILES string of the molecule is C=C(CC#C/C=C\C)CCCO/C=C(C)/C=C\C(C)=C/CC.CBr.CC.CC1CN(C(=O)C(CCC(O)c2ccc(F)cc2)CNc2ccccc2)C(=O)O1. The van der Waals surface area contributed by atoms with Crippen LogP contribution >= 0.6 is 15.9 Å². The highest BCUT2D eigenvalue weighted by Gasteiger charge is 2.37. The second kappa shape index (κ2) is 31.9. The molecule has 302 valence electrons. The molecule has 3 atom stereocenters. The van der Waals surface area contributed by atoms with Crippen LogP contribution in [0, 0.1) is 23.6 Å². The number of benzene rings is 2. The molecule has 9 heteroatoms. The normalized spacial score (nSPS) is 14.9. The van der Waals surface area contributed by atoms with E-state index in [0.29, 0.717) is 24.9 Å². The molecule has 1 aliphatic heterocycles. The van der Waals surface area contributed by atoms with E-state index in [4.69, 9.17) is 9.47 Å². The van der Waals surface area contributed by atoms with Gasteiger partial charge in [-0.2, -0.15) is 0 Å². The number of hydrogen-bond donors (Lipinski definition) is 2. The van der Waals surface area contributed by atoms with Crippen LogP contribution in [-0.4, -0.2) is 53.6 Å². The van der Waals surface area contributed by atoms with Crippen LogP contribution in [0.4, 0.5) is 14.9 Å². The maximum absolute atomic E-state index is 13.1. The molecular formula is C46H64BrFN2O5. The molecule has 0 spiro atoms. The van der Waals surface area contributed by atoms with E-state index in [1.54, 1.807) is 6.92 Å². The van der Waals surface area contributed by atoms with Gasteiger partial charge in [0.15, 0.2) is 0 Å². The number of rotatable bonds is 17. The number of cyclic esters (lactones) is 1. The Morgan fingerprint density at radius 3 is 2.36 bits per heavy atom. The molecule has 7 nitrogen and oxygen atoms in total. The number of para-hydroxylation sites is 1. The molecule has 2 aromatic carbocycles. The Morgan fingerprint density at radius 2 is 1.76 bits per heavy atom. The summed E-state index contributed by atoms with van der Waals surface area (Å²) < 4.78 is 23.7. The summed E-state index contributed by atoms with van der Waals surface area (Å²) in [5, 5.41) is 13.6. The van der Waals surface area contributed by atoms with E-state index in [0.717, 1.165) is 48.5 Å². The second-order valence-electron chi connectivity index (χ2n) is 12.5. The predicted octanol–water partition coefficient (Wildman–Crippen LogP) is 11.9. The number of alkyl halides is 1. The Bertz CT molecular complexity index is 1560. The van der Waals surface area contributed by atoms with E-state index in [1.165, 1.54) is 35.4 Å². The van der Waals surface area contributed by atoms with Crippen LogP contribution in [0.1, 0.15) is 98.7 Å². The van der Waals surface area contributed by atoms with Gasteiger partial charge in [-0.3, -0.25) is 4.79 Å². The lowest BCUT2D eigenvalue weighted by Crippen LogP contribution is -2.40. The molecule has 1 aliphatic rings. The van der Waals surface area contributed by atoms with Crippen LogP contribution in [0.5, 0.6) is 0 Å². The Labute approximate surface area is 339 Å². The summed E-state index contributed by atoms with van der Waals surface area (Å²) in [5.74, 6) is 6.64. The van der Waals surface area contributed by atoms with Gasteiger partial charge in [-0.05, 0) is 107 Å². The minimum atomic E-state index is -0.827. The van der Waals surface area contributed by atoms with Crippen molar-refractivity contribution in [2.75, 3.05) is 30.8 Å². The number of carbonyl (C=O) groups excluding carboxylic acids is 2. The fourth-order valence-electron chi connectivity index (χ4n) is 5.02. The summed E-state index contributed by atoms with van der Waals surface area (Å²) in [6.45, 7) is 19.3. The lowest BCUT2D eigenvalue weighted by molar-refractivity contribution is -0.132. The molecule has 0 aliphatic carbocycles. The molecule has 2 amide bonds. The highest BCUT2D eigenvalue weighted by molar-refractivity contribution is 9.08. The van der Waals surface area contributed by atoms with Gasteiger partial charge in [0.2, 0.25) is 5.91 Å². The van der Waals surface area contributed by atoms with Crippen LogP contribution < -0.4 is 5.32 Å². The molecule has 0 saturated carbocycles. The molecule has 3 unspecified atom stereocenters. The van der Waals surface area contributed by atoms with Crippen molar-refractivity contribution in [2.45, 2.75) is 99.2 Å². The number of anilines is 1. The molecule has 1 fully saturated rings. The van der Waals surface area contributed by atoms with Gasteiger partial charge in [0.1, 0.15) is 11.9 Å². The lowest BCUT2D eigenvalue weighted by Gasteiger charge is -2.22. The summed E-state index contributed by atoms with van der Waals surface area (Å²) in [4.78, 5) is 26.1. The Hall–Kier alpha value is -4.39. The van der Waals surface area contributed by atoms with Crippen molar-refractivity contribution in [3.05, 3.63) is 126 Å². The number of nitrogens with zero attached hydrogens (tertiary/aromatic N) is 1. The van der Waals surface area contributed by atoms with Crippen LogP contribution in [0.25, 0.3) is 0 Å². The number of amides is 2. The van der Waals surface area contributed by atoms with Crippen LogP contribution in [0.2, 0.25) is 0 Å². The van der Waals surface area contributed by atoms with Crippen LogP contribution in [0.15, 0.2) is 115 Å². The second-order valence-corrected chi connectivity index (χ2v) is 12.5. The summed E-state index contributed by atoms with van der Waals surface area (Å²) in [7, 11) is 0. The van der Waals surface area contributed by atoms with Crippen LogP contribution in [-0.2, 0) is 14.3 Å². The number of hydrogen-bond acceptors (Lipinski definition) is 6. The Morgan fingerprint density at radius 1 is 1.11 bits per heavy atom. The summed E-state index contributed by atoms with van der Waals surface area (Å²) >= 11 is 2.94. The van der Waals surface area contributed by atoms with Gasteiger partial charge in [0, 0.05) is 18.7 Å². The summed E-state index contributed by atoms with van der Waals surface area (Å²) in [6, 6.07) is 15.1. The number of aliphatic hydroxyl groups excluding tert-OH is 1. The van der Waals surface area contributed by atoms with E-state index in [2.05, 4.69) is 71.7 Å². The van der Waals surface area contributed by atoms with Gasteiger partial charge in [0.25, 0.3) is 0 Å². The zero-order chi connectivity index (χ0) is 41.4. The topological polar surface area (TPSA) is 88.1 Å². The fourth-order valence-corrected chi connectivity index (χ4v) is 5.02. The smallest absolute Gasteiger partial charge is 0.416 e. The zero-order valence-electron chi connectivity index (χ0n) is 34.2. The third-order valence-electron chi connectivity index (χ3n) is 7.83. The number of imide groups is 1. The zero-order valence-corrected chi connectivity index (χ0v) is 35.8. The highest BCUT2D eigenvalue weighted by atomic mass is 79.9. The van der Waals surface area contributed by atoms with E-state index in [1.807, 2.05) is 82.3 Å². The van der Waals surface area contributed by atoms with E-state index in [-0.39, 0.29) is 24.4 Å². The van der Waals surface area contributed by atoms with Crippen LogP contribution in [0.3, 0.4) is 0 Å². The first kappa shape index (κ1) is 50.6. The quantitative estimate of drug-likeness (QED) is 0.0413. The van der Waals surface area contributed by atoms with Gasteiger partial charge < -0.3 is 19.9 Å². The van der Waals surface area contributed by atoms with Gasteiger partial charge in [-0.25, -0.2) is 14.1 Å². The van der Waals surface area contributed by atoms with E-state index >= 15 is 0 Å². The predicted molar refractivity (Wildman–Crippen MR) is 231 cm³/mol. The molecule has 2 N–H and O–H groups in total. The molecule has 2 aromatic rings. The molecule has 0 aromatic heterocycles. The minimum Gasteiger partial charge on any atom is -0.501 e. The van der Waals surface area contributed by atoms with E-state index < -0.39 is 18.1 Å². The van der Waals surface area contributed by atoms with Gasteiger partial charge in [-0.15, -0.1) is 0 Å². The average molecular weight is 824 g/mol. The first-order valence-corrected chi connectivity index (χ1v) is 20.6. The van der Waals surface area contributed by atoms with Crippen molar-refractivity contribution >= 4 is 33.6 Å². The van der Waals surface area contributed by atoms with Crippen molar-refractivity contribution in [1.82, 2.24) is 4.90 Å². The minimum absolute atomic E-state index is 0.222. The molecule has 0 radical (unpaired) electrons. The largest absolute Gasteiger partial charge is 0.501 e. The Balaban J connectivity index is 0.00000101. The molecule has 0 bridgehead atoms. The number of ether oxygens (including phenoxy) is 2. The van der Waals surface area contributed by atoms with E-state index in [9.17, 15) is 19.1 Å².